The first-order valence-electron chi connectivity index (χ1n) is 5.45. The summed E-state index contributed by atoms with van der Waals surface area (Å²) in [5.41, 5.74) is -0.0635. The van der Waals surface area contributed by atoms with Gasteiger partial charge in [0.2, 0.25) is 0 Å². The lowest BCUT2D eigenvalue weighted by Crippen LogP contribution is -2.15. The second kappa shape index (κ2) is 5.90. The zero-order valence-electron chi connectivity index (χ0n) is 9.93. The summed E-state index contributed by atoms with van der Waals surface area (Å²) < 4.78 is 0. The normalized spacial score (nSPS) is 10.1. The molecule has 5 nitrogen and oxygen atoms in total. The maximum atomic E-state index is 12.1. The summed E-state index contributed by atoms with van der Waals surface area (Å²) in [6.07, 6.45) is 0. The molecule has 0 aliphatic carbocycles. The van der Waals surface area contributed by atoms with Gasteiger partial charge < -0.3 is 10.4 Å². The Morgan fingerprint density at radius 1 is 1.05 bits per heavy atom. The molecule has 0 aliphatic heterocycles. The highest BCUT2D eigenvalue weighted by atomic mass is 35.5. The summed E-state index contributed by atoms with van der Waals surface area (Å²) in [5, 5.41) is 11.7. The molecule has 0 radical (unpaired) electrons. The molecule has 0 saturated carbocycles. The molecule has 0 aliphatic rings. The largest absolute Gasteiger partial charge is 0.477 e. The van der Waals surface area contributed by atoms with Crippen molar-refractivity contribution in [3.63, 3.8) is 0 Å². The number of aromatic nitrogens is 1. The minimum absolute atomic E-state index is 0.103. The second-order valence-corrected chi connectivity index (χ2v) is 4.58. The average Bonchev–Trinajstić information content (AvgIpc) is 2.38. The number of benzene rings is 1. The predicted octanol–water partition coefficient (Wildman–Crippen LogP) is 3.34. The number of anilines is 1. The highest BCUT2D eigenvalue weighted by Gasteiger charge is 2.15. The highest BCUT2D eigenvalue weighted by Crippen LogP contribution is 2.25. The van der Waals surface area contributed by atoms with Crippen molar-refractivity contribution in [2.75, 3.05) is 5.32 Å². The van der Waals surface area contributed by atoms with Crippen LogP contribution in [0.25, 0.3) is 0 Å². The van der Waals surface area contributed by atoms with Gasteiger partial charge in [0.05, 0.1) is 15.6 Å². The van der Waals surface area contributed by atoms with Crippen molar-refractivity contribution < 1.29 is 14.7 Å². The number of carboxylic acids is 1. The number of amides is 1. The first-order valence-corrected chi connectivity index (χ1v) is 6.20. The zero-order chi connectivity index (χ0) is 14.7. The molecule has 1 heterocycles. The molecule has 2 rings (SSSR count). The quantitative estimate of drug-likeness (QED) is 0.911. The number of carboxylic acid groups (broad SMARTS) is 1. The van der Waals surface area contributed by atoms with Crippen LogP contribution in [0.15, 0.2) is 36.4 Å². The van der Waals surface area contributed by atoms with Crippen LogP contribution < -0.4 is 5.32 Å². The molecule has 7 heteroatoms. The van der Waals surface area contributed by atoms with Gasteiger partial charge in [-0.15, -0.1) is 0 Å². The maximum Gasteiger partial charge on any atom is 0.354 e. The summed E-state index contributed by atoms with van der Waals surface area (Å²) in [6.45, 7) is 0. The van der Waals surface area contributed by atoms with Gasteiger partial charge in [-0.2, -0.15) is 0 Å². The van der Waals surface area contributed by atoms with E-state index in [0.29, 0.717) is 0 Å². The number of carbonyl (C=O) groups excluding carboxylic acids is 1. The number of aromatic carboxylic acids is 1. The molecular weight excluding hydrogens is 303 g/mol. The maximum absolute atomic E-state index is 12.1. The van der Waals surface area contributed by atoms with Crippen LogP contribution in [0.1, 0.15) is 20.8 Å². The fraction of sp³-hybridized carbons (Fsp3) is 0. The fourth-order valence-electron chi connectivity index (χ4n) is 1.52. The van der Waals surface area contributed by atoms with Gasteiger partial charge in [-0.1, -0.05) is 35.3 Å². The first-order chi connectivity index (χ1) is 9.49. The molecule has 0 bridgehead atoms. The van der Waals surface area contributed by atoms with Crippen LogP contribution in [0, 0.1) is 0 Å². The van der Waals surface area contributed by atoms with Crippen LogP contribution in [-0.4, -0.2) is 22.0 Å². The van der Waals surface area contributed by atoms with Crippen LogP contribution in [0.4, 0.5) is 5.82 Å². The van der Waals surface area contributed by atoms with E-state index in [1.54, 1.807) is 6.07 Å². The van der Waals surface area contributed by atoms with E-state index in [1.165, 1.54) is 30.3 Å². The minimum Gasteiger partial charge on any atom is -0.477 e. The number of pyridine rings is 1. The first kappa shape index (κ1) is 14.3. The molecule has 0 spiro atoms. The highest BCUT2D eigenvalue weighted by molar-refractivity contribution is 6.40. The van der Waals surface area contributed by atoms with Crippen LogP contribution in [0.5, 0.6) is 0 Å². The molecule has 0 atom stereocenters. The summed E-state index contributed by atoms with van der Waals surface area (Å²) in [6, 6.07) is 8.94. The van der Waals surface area contributed by atoms with E-state index in [2.05, 4.69) is 10.3 Å². The van der Waals surface area contributed by atoms with E-state index in [1.807, 2.05) is 0 Å². The Morgan fingerprint density at radius 3 is 2.25 bits per heavy atom. The third-order valence-electron chi connectivity index (χ3n) is 2.40. The van der Waals surface area contributed by atoms with Crippen molar-refractivity contribution in [3.05, 3.63) is 57.7 Å². The van der Waals surface area contributed by atoms with Crippen LogP contribution in [-0.2, 0) is 0 Å². The van der Waals surface area contributed by atoms with E-state index in [-0.39, 0.29) is 27.1 Å². The molecular formula is C13H8Cl2N2O3. The van der Waals surface area contributed by atoms with Gasteiger partial charge in [-0.3, -0.25) is 4.79 Å². The Balaban J connectivity index is 2.28. The summed E-state index contributed by atoms with van der Waals surface area (Å²) >= 11 is 11.8. The zero-order valence-corrected chi connectivity index (χ0v) is 11.4. The number of rotatable bonds is 3. The van der Waals surface area contributed by atoms with Gasteiger partial charge in [-0.05, 0) is 24.3 Å². The predicted molar refractivity (Wildman–Crippen MR) is 75.6 cm³/mol. The van der Waals surface area contributed by atoms with Crippen molar-refractivity contribution in [1.29, 1.82) is 0 Å². The van der Waals surface area contributed by atoms with Gasteiger partial charge in [-0.25, -0.2) is 9.78 Å². The third-order valence-corrected chi connectivity index (χ3v) is 3.03. The number of nitrogens with zero attached hydrogens (tertiary/aromatic N) is 1. The monoisotopic (exact) mass is 310 g/mol. The van der Waals surface area contributed by atoms with Crippen LogP contribution in [0.3, 0.4) is 0 Å². The Hall–Kier alpha value is -2.11. The van der Waals surface area contributed by atoms with Gasteiger partial charge >= 0.3 is 5.97 Å². The fourth-order valence-corrected chi connectivity index (χ4v) is 2.09. The standard InChI is InChI=1S/C13H8Cl2N2O3/c14-7-3-1-4-8(15)11(7)12(18)17-10-6-2-5-9(16-10)13(19)20/h1-6H,(H,19,20)(H,16,17,18). The van der Waals surface area contributed by atoms with E-state index >= 15 is 0 Å². The lowest BCUT2D eigenvalue weighted by Gasteiger charge is -2.08. The number of nitrogens with one attached hydrogen (secondary N) is 1. The van der Waals surface area contributed by atoms with E-state index in [0.717, 1.165) is 0 Å². The van der Waals surface area contributed by atoms with E-state index in [9.17, 15) is 9.59 Å². The molecule has 1 amide bonds. The van der Waals surface area contributed by atoms with Gasteiger partial charge in [0, 0.05) is 0 Å². The van der Waals surface area contributed by atoms with Crippen molar-refractivity contribution >= 4 is 40.9 Å². The van der Waals surface area contributed by atoms with Gasteiger partial charge in [0.15, 0.2) is 5.69 Å². The average molecular weight is 311 g/mol. The number of hydrogen-bond donors (Lipinski definition) is 2. The lowest BCUT2D eigenvalue weighted by molar-refractivity contribution is 0.0690. The smallest absolute Gasteiger partial charge is 0.354 e. The molecule has 20 heavy (non-hydrogen) atoms. The van der Waals surface area contributed by atoms with Gasteiger partial charge in [0.1, 0.15) is 5.82 Å². The molecule has 102 valence electrons. The Bertz CT molecular complexity index is 669. The summed E-state index contributed by atoms with van der Waals surface area (Å²) in [7, 11) is 0. The number of halogens is 2. The molecule has 0 unspecified atom stereocenters. The number of carbonyl (C=O) groups is 2. The molecule has 0 fully saturated rings. The Morgan fingerprint density at radius 2 is 1.65 bits per heavy atom. The van der Waals surface area contributed by atoms with Crippen molar-refractivity contribution in [2.24, 2.45) is 0 Å². The molecule has 2 N–H and O–H groups in total. The van der Waals surface area contributed by atoms with Crippen molar-refractivity contribution in [1.82, 2.24) is 4.98 Å². The lowest BCUT2D eigenvalue weighted by atomic mass is 10.2. The van der Waals surface area contributed by atoms with Crippen LogP contribution in [0.2, 0.25) is 10.0 Å². The topological polar surface area (TPSA) is 79.3 Å². The minimum atomic E-state index is -1.18. The molecule has 2 aromatic rings. The van der Waals surface area contributed by atoms with Crippen LogP contribution >= 0.6 is 23.2 Å². The molecule has 1 aromatic carbocycles. The second-order valence-electron chi connectivity index (χ2n) is 3.76. The van der Waals surface area contributed by atoms with Gasteiger partial charge in [0.25, 0.3) is 5.91 Å². The van der Waals surface area contributed by atoms with E-state index in [4.69, 9.17) is 28.3 Å². The third kappa shape index (κ3) is 3.07. The summed E-state index contributed by atoms with van der Waals surface area (Å²) in [4.78, 5) is 26.6. The summed E-state index contributed by atoms with van der Waals surface area (Å²) in [5.74, 6) is -1.64. The molecule has 1 aromatic heterocycles. The Labute approximate surface area is 124 Å². The Kier molecular flexibility index (Phi) is 4.22. The molecule has 0 saturated heterocycles. The number of hydrogen-bond acceptors (Lipinski definition) is 3. The van der Waals surface area contributed by atoms with E-state index < -0.39 is 11.9 Å². The SMILES string of the molecule is O=C(O)c1cccc(NC(=O)c2c(Cl)cccc2Cl)n1. The van der Waals surface area contributed by atoms with Crippen molar-refractivity contribution in [3.8, 4) is 0 Å². The van der Waals surface area contributed by atoms with Crippen molar-refractivity contribution in [2.45, 2.75) is 0 Å².